The molecule has 1 aromatic heterocycles. The van der Waals surface area contributed by atoms with Crippen LogP contribution in [-0.4, -0.2) is 36.6 Å². The Labute approximate surface area is 218 Å². The molecule has 202 valence electrons. The molecule has 0 spiro atoms. The molecule has 3 N–H and O–H groups in total. The van der Waals surface area contributed by atoms with Gasteiger partial charge in [-0.1, -0.05) is 12.1 Å². The Balaban J connectivity index is 1.64. The van der Waals surface area contributed by atoms with Gasteiger partial charge in [0.25, 0.3) is 0 Å². The van der Waals surface area contributed by atoms with E-state index in [-0.39, 0.29) is 37.1 Å². The monoisotopic (exact) mass is 548 g/mol. The summed E-state index contributed by atoms with van der Waals surface area (Å²) in [6.07, 6.45) is -3.84. The minimum absolute atomic E-state index is 0.0781. The van der Waals surface area contributed by atoms with Crippen LogP contribution in [0, 0.1) is 6.92 Å². The molecule has 0 aliphatic carbocycles. The smallest absolute Gasteiger partial charge is 0.365 e. The molecule has 13 heteroatoms. The lowest BCUT2D eigenvalue weighted by molar-refractivity contribution is -0.137. The molecule has 9 nitrogen and oxygen atoms in total. The minimum atomic E-state index is -4.72. The molecule has 0 fully saturated rings. The molecule has 1 aliphatic heterocycles. The SMILES string of the molecule is CCN(c1cc(C)ccc1CNc1nc(Nc2ccc3c(c2)CC(=O)N3)ncc1C(F)(F)F)S(=O)(=O)CC. The first-order valence-electron chi connectivity index (χ1n) is 11.9. The second-order valence-corrected chi connectivity index (χ2v) is 10.9. The molecule has 0 saturated heterocycles. The summed E-state index contributed by atoms with van der Waals surface area (Å²) >= 11 is 0. The summed E-state index contributed by atoms with van der Waals surface area (Å²) in [5, 5.41) is 8.33. The summed E-state index contributed by atoms with van der Waals surface area (Å²) in [7, 11) is -3.60. The van der Waals surface area contributed by atoms with Crippen LogP contribution in [0.3, 0.4) is 0 Å². The van der Waals surface area contributed by atoms with Crippen molar-refractivity contribution in [1.82, 2.24) is 9.97 Å². The maximum absolute atomic E-state index is 13.8. The quantitative estimate of drug-likeness (QED) is 0.351. The molecule has 3 aromatic rings. The van der Waals surface area contributed by atoms with E-state index in [4.69, 9.17) is 0 Å². The lowest BCUT2D eigenvalue weighted by Gasteiger charge is -2.25. The van der Waals surface area contributed by atoms with Crippen LogP contribution in [0.4, 0.5) is 42.0 Å². The van der Waals surface area contributed by atoms with Crippen molar-refractivity contribution in [3.05, 3.63) is 64.8 Å². The number of nitrogens with one attached hydrogen (secondary N) is 3. The number of carbonyl (C=O) groups is 1. The van der Waals surface area contributed by atoms with Gasteiger partial charge >= 0.3 is 6.18 Å². The summed E-state index contributed by atoms with van der Waals surface area (Å²) in [6.45, 7) is 5.09. The van der Waals surface area contributed by atoms with Gasteiger partial charge in [0.15, 0.2) is 0 Å². The highest BCUT2D eigenvalue weighted by atomic mass is 32.2. The van der Waals surface area contributed by atoms with Crippen LogP contribution in [0.15, 0.2) is 42.6 Å². The second-order valence-electron chi connectivity index (χ2n) is 8.73. The minimum Gasteiger partial charge on any atom is -0.365 e. The van der Waals surface area contributed by atoms with Crippen molar-refractivity contribution in [2.45, 2.75) is 39.9 Å². The van der Waals surface area contributed by atoms with Gasteiger partial charge < -0.3 is 16.0 Å². The van der Waals surface area contributed by atoms with Crippen molar-refractivity contribution in [2.24, 2.45) is 0 Å². The predicted octanol–water partition coefficient (Wildman–Crippen LogP) is 4.83. The number of aromatic nitrogens is 2. The predicted molar refractivity (Wildman–Crippen MR) is 140 cm³/mol. The summed E-state index contributed by atoms with van der Waals surface area (Å²) < 4.78 is 67.9. The Morgan fingerprint density at radius 2 is 1.89 bits per heavy atom. The highest BCUT2D eigenvalue weighted by Crippen LogP contribution is 2.35. The van der Waals surface area contributed by atoms with E-state index in [1.165, 1.54) is 11.2 Å². The van der Waals surface area contributed by atoms with Crippen LogP contribution in [0.5, 0.6) is 0 Å². The topological polar surface area (TPSA) is 116 Å². The molecule has 2 heterocycles. The molecular formula is C25H27F3N6O3S. The van der Waals surface area contributed by atoms with E-state index >= 15 is 0 Å². The Kier molecular flexibility index (Phi) is 7.49. The van der Waals surface area contributed by atoms with Gasteiger partial charge in [-0.3, -0.25) is 9.10 Å². The van der Waals surface area contributed by atoms with Gasteiger partial charge in [0.1, 0.15) is 11.4 Å². The molecule has 1 aliphatic rings. The number of sulfonamides is 1. The molecule has 0 atom stereocenters. The van der Waals surface area contributed by atoms with Crippen LogP contribution >= 0.6 is 0 Å². The number of benzene rings is 2. The molecule has 4 rings (SSSR count). The molecule has 0 unspecified atom stereocenters. The standard InChI is InChI=1S/C25H27F3N6O3S/c1-4-34(38(36,37)5-2)21-10-15(3)6-7-16(21)13-29-23-19(25(26,27)28)14-30-24(33-23)31-18-8-9-20-17(11-18)12-22(35)32-20/h6-11,14H,4-5,12-13H2,1-3H3,(H,32,35)(H2,29,30,31,33). The maximum Gasteiger partial charge on any atom is 0.421 e. The van der Waals surface area contributed by atoms with E-state index in [9.17, 15) is 26.4 Å². The molecule has 0 radical (unpaired) electrons. The number of rotatable bonds is 9. The van der Waals surface area contributed by atoms with Gasteiger partial charge in [0, 0.05) is 30.7 Å². The van der Waals surface area contributed by atoms with Crippen molar-refractivity contribution >= 4 is 44.8 Å². The third kappa shape index (κ3) is 5.82. The maximum atomic E-state index is 13.8. The molecule has 38 heavy (non-hydrogen) atoms. The largest absolute Gasteiger partial charge is 0.421 e. The van der Waals surface area contributed by atoms with E-state index in [2.05, 4.69) is 25.9 Å². The van der Waals surface area contributed by atoms with E-state index < -0.39 is 27.6 Å². The van der Waals surface area contributed by atoms with Crippen LogP contribution in [0.2, 0.25) is 0 Å². The van der Waals surface area contributed by atoms with E-state index in [1.807, 2.05) is 6.92 Å². The third-order valence-electron chi connectivity index (χ3n) is 6.02. The molecule has 2 aromatic carbocycles. The van der Waals surface area contributed by atoms with Gasteiger partial charge in [-0.15, -0.1) is 0 Å². The van der Waals surface area contributed by atoms with E-state index in [1.54, 1.807) is 43.3 Å². The van der Waals surface area contributed by atoms with E-state index in [0.717, 1.165) is 11.1 Å². The van der Waals surface area contributed by atoms with Crippen LogP contribution in [-0.2, 0) is 34.0 Å². The third-order valence-corrected chi connectivity index (χ3v) is 7.88. The molecular weight excluding hydrogens is 521 g/mol. The van der Waals surface area contributed by atoms with Crippen LogP contribution in [0.25, 0.3) is 0 Å². The number of fused-ring (bicyclic) bond motifs is 1. The summed E-state index contributed by atoms with van der Waals surface area (Å²) in [6, 6.07) is 10.2. The fourth-order valence-corrected chi connectivity index (χ4v) is 5.30. The number of nitrogens with zero attached hydrogens (tertiary/aromatic N) is 3. The molecule has 0 bridgehead atoms. The van der Waals surface area contributed by atoms with Gasteiger partial charge in [-0.2, -0.15) is 18.2 Å². The highest BCUT2D eigenvalue weighted by Gasteiger charge is 2.35. The number of carbonyl (C=O) groups excluding carboxylic acids is 1. The first-order chi connectivity index (χ1) is 17.9. The zero-order valence-corrected chi connectivity index (χ0v) is 21.8. The Morgan fingerprint density at radius 1 is 1.13 bits per heavy atom. The summed E-state index contributed by atoms with van der Waals surface area (Å²) in [4.78, 5) is 19.5. The number of hydrogen-bond donors (Lipinski definition) is 3. The number of hydrogen-bond acceptors (Lipinski definition) is 7. The van der Waals surface area contributed by atoms with Gasteiger partial charge in [0.05, 0.1) is 17.9 Å². The second kappa shape index (κ2) is 10.5. The first kappa shape index (κ1) is 27.2. The van der Waals surface area contributed by atoms with Crippen molar-refractivity contribution in [2.75, 3.05) is 32.6 Å². The number of anilines is 5. The first-order valence-corrected chi connectivity index (χ1v) is 13.5. The normalized spacial score (nSPS) is 13.2. The molecule has 0 saturated carbocycles. The van der Waals surface area contributed by atoms with Crippen LogP contribution in [0.1, 0.15) is 36.1 Å². The molecule has 1 amide bonds. The fraction of sp³-hybridized carbons (Fsp3) is 0.320. The van der Waals surface area contributed by atoms with Crippen molar-refractivity contribution in [3.63, 3.8) is 0 Å². The zero-order chi connectivity index (χ0) is 27.7. The average Bonchev–Trinajstić information content (AvgIpc) is 3.22. The van der Waals surface area contributed by atoms with Gasteiger partial charge in [0.2, 0.25) is 21.9 Å². The van der Waals surface area contributed by atoms with Gasteiger partial charge in [-0.25, -0.2) is 13.4 Å². The van der Waals surface area contributed by atoms with E-state index in [0.29, 0.717) is 28.8 Å². The Morgan fingerprint density at radius 3 is 2.58 bits per heavy atom. The lowest BCUT2D eigenvalue weighted by atomic mass is 10.1. The Bertz CT molecular complexity index is 1480. The highest BCUT2D eigenvalue weighted by molar-refractivity contribution is 7.92. The Hall–Kier alpha value is -3.87. The zero-order valence-electron chi connectivity index (χ0n) is 21.0. The number of amides is 1. The van der Waals surface area contributed by atoms with Crippen molar-refractivity contribution in [1.29, 1.82) is 0 Å². The summed E-state index contributed by atoms with van der Waals surface area (Å²) in [5.41, 5.74) is 2.57. The fourth-order valence-electron chi connectivity index (χ4n) is 4.13. The van der Waals surface area contributed by atoms with Crippen LogP contribution < -0.4 is 20.3 Å². The number of alkyl halides is 3. The lowest BCUT2D eigenvalue weighted by Crippen LogP contribution is -2.33. The van der Waals surface area contributed by atoms with Gasteiger partial charge in [-0.05, 0) is 61.7 Å². The number of aryl methyl sites for hydroxylation is 1. The average molecular weight is 549 g/mol. The van der Waals surface area contributed by atoms with Crippen molar-refractivity contribution in [3.8, 4) is 0 Å². The number of halogens is 3. The van der Waals surface area contributed by atoms with Crippen molar-refractivity contribution < 1.29 is 26.4 Å². The summed E-state index contributed by atoms with van der Waals surface area (Å²) in [5.74, 6) is -0.793.